The molecule has 26 heavy (non-hydrogen) atoms. The highest BCUT2D eigenvalue weighted by atomic mass is 32.2. The van der Waals surface area contributed by atoms with Gasteiger partial charge in [-0.2, -0.15) is 0 Å². The number of methoxy groups -OCH3 is 2. The zero-order valence-corrected chi connectivity index (χ0v) is 15.0. The molecule has 1 aliphatic heterocycles. The summed E-state index contributed by atoms with van der Waals surface area (Å²) in [5.74, 6) is -1.48. The number of carbonyl (C=O) groups excluding carboxylic acids is 1. The van der Waals surface area contributed by atoms with Gasteiger partial charge in [-0.3, -0.25) is 4.79 Å². The summed E-state index contributed by atoms with van der Waals surface area (Å²) in [6, 6.07) is 3.89. The molecule has 1 amide bonds. The average molecular weight is 381 g/mol. The Labute approximate surface area is 149 Å². The third kappa shape index (κ3) is 2.71. The minimum atomic E-state index is -4.45. The van der Waals surface area contributed by atoms with E-state index in [2.05, 4.69) is 10.3 Å². The highest BCUT2D eigenvalue weighted by molar-refractivity contribution is 7.93. The van der Waals surface area contributed by atoms with Gasteiger partial charge in [-0.25, -0.2) is 22.1 Å². The highest BCUT2D eigenvalue weighted by Crippen LogP contribution is 2.38. The summed E-state index contributed by atoms with van der Waals surface area (Å²) in [5.41, 5.74) is 0.222. The number of ether oxygens (including phenoxy) is 2. The summed E-state index contributed by atoms with van der Waals surface area (Å²) in [6.07, 6.45) is 1.39. The Morgan fingerprint density at radius 3 is 2.54 bits per heavy atom. The summed E-state index contributed by atoms with van der Waals surface area (Å²) >= 11 is 0. The first-order valence-corrected chi connectivity index (χ1v) is 8.97. The lowest BCUT2D eigenvalue weighted by atomic mass is 10.2. The van der Waals surface area contributed by atoms with E-state index in [0.29, 0.717) is 0 Å². The third-order valence-electron chi connectivity index (χ3n) is 3.96. The van der Waals surface area contributed by atoms with Gasteiger partial charge in [-0.05, 0) is 19.1 Å². The number of rotatable bonds is 4. The molecule has 2 aromatic rings. The molecule has 0 fully saturated rings. The standard InChI is InChI=1S/C16H16FN3O5S/c1-9-16(21)19-11-5-4-6-18-15(11)20(9)26(22,23)14-8-13(25-3)12(24-2)7-10(14)17/h4-9H,1-3H3,(H,19,21)/t9-/m0/s1. The highest BCUT2D eigenvalue weighted by Gasteiger charge is 2.41. The molecule has 0 aliphatic carbocycles. The lowest BCUT2D eigenvalue weighted by molar-refractivity contribution is -0.117. The third-order valence-corrected chi connectivity index (χ3v) is 5.84. The molecular weight excluding hydrogens is 365 g/mol. The van der Waals surface area contributed by atoms with Crippen molar-refractivity contribution in [2.75, 3.05) is 23.8 Å². The summed E-state index contributed by atoms with van der Waals surface area (Å²) in [4.78, 5) is 15.6. The number of sulfonamides is 1. The van der Waals surface area contributed by atoms with E-state index < -0.39 is 32.7 Å². The molecule has 1 aromatic heterocycles. The maximum atomic E-state index is 14.5. The van der Waals surface area contributed by atoms with Gasteiger partial charge in [-0.15, -0.1) is 0 Å². The van der Waals surface area contributed by atoms with Crippen molar-refractivity contribution in [3.05, 3.63) is 36.3 Å². The first-order valence-electron chi connectivity index (χ1n) is 7.53. The number of nitrogens with zero attached hydrogens (tertiary/aromatic N) is 2. The molecule has 0 unspecified atom stereocenters. The van der Waals surface area contributed by atoms with Crippen molar-refractivity contribution < 1.29 is 27.1 Å². The Morgan fingerprint density at radius 2 is 1.88 bits per heavy atom. The maximum Gasteiger partial charge on any atom is 0.269 e. The number of hydrogen-bond acceptors (Lipinski definition) is 6. The first-order chi connectivity index (χ1) is 12.3. The lowest BCUT2D eigenvalue weighted by Gasteiger charge is -2.34. The number of nitrogens with one attached hydrogen (secondary N) is 1. The van der Waals surface area contributed by atoms with Crippen LogP contribution < -0.4 is 19.1 Å². The number of benzene rings is 1. The number of pyridine rings is 1. The quantitative estimate of drug-likeness (QED) is 0.867. The molecule has 10 heteroatoms. The van der Waals surface area contributed by atoms with Gasteiger partial charge in [0.15, 0.2) is 17.3 Å². The molecule has 0 bridgehead atoms. The number of hydrogen-bond donors (Lipinski definition) is 1. The Bertz CT molecular complexity index is 980. The predicted molar refractivity (Wildman–Crippen MR) is 91.5 cm³/mol. The van der Waals surface area contributed by atoms with E-state index >= 15 is 0 Å². The van der Waals surface area contributed by atoms with Crippen LogP contribution in [0.15, 0.2) is 35.4 Å². The van der Waals surface area contributed by atoms with Crippen LogP contribution in [-0.2, 0) is 14.8 Å². The number of fused-ring (bicyclic) bond motifs is 1. The fraction of sp³-hybridized carbons (Fsp3) is 0.250. The van der Waals surface area contributed by atoms with Crippen molar-refractivity contribution in [2.45, 2.75) is 17.9 Å². The zero-order valence-electron chi connectivity index (χ0n) is 14.2. The van der Waals surface area contributed by atoms with E-state index in [9.17, 15) is 17.6 Å². The van der Waals surface area contributed by atoms with Crippen LogP contribution in [-0.4, -0.2) is 39.6 Å². The second kappa shape index (κ2) is 6.45. The molecule has 0 spiro atoms. The van der Waals surface area contributed by atoms with Gasteiger partial charge >= 0.3 is 0 Å². The summed E-state index contributed by atoms with van der Waals surface area (Å²) in [7, 11) is -1.83. The molecule has 1 aromatic carbocycles. The van der Waals surface area contributed by atoms with Crippen LogP contribution in [0.4, 0.5) is 15.9 Å². The van der Waals surface area contributed by atoms with Crippen molar-refractivity contribution in [1.82, 2.24) is 4.98 Å². The van der Waals surface area contributed by atoms with Crippen molar-refractivity contribution in [3.63, 3.8) is 0 Å². The Balaban J connectivity index is 2.21. The number of carbonyl (C=O) groups is 1. The van der Waals surface area contributed by atoms with Crippen LogP contribution >= 0.6 is 0 Å². The van der Waals surface area contributed by atoms with E-state index in [-0.39, 0.29) is 23.0 Å². The molecule has 0 radical (unpaired) electrons. The monoisotopic (exact) mass is 381 g/mol. The molecule has 2 heterocycles. The van der Waals surface area contributed by atoms with Crippen LogP contribution in [0.3, 0.4) is 0 Å². The second-order valence-electron chi connectivity index (χ2n) is 5.48. The molecule has 1 N–H and O–H groups in total. The summed E-state index contributed by atoms with van der Waals surface area (Å²) in [6.45, 7) is 1.39. The Hall–Kier alpha value is -2.88. The smallest absolute Gasteiger partial charge is 0.269 e. The van der Waals surface area contributed by atoms with Crippen molar-refractivity contribution in [3.8, 4) is 11.5 Å². The zero-order chi connectivity index (χ0) is 19.1. The maximum absolute atomic E-state index is 14.5. The first kappa shape index (κ1) is 17.9. The van der Waals surface area contributed by atoms with Gasteiger partial charge in [0.1, 0.15) is 16.8 Å². The molecule has 0 saturated carbocycles. The Kier molecular flexibility index (Phi) is 4.45. The molecule has 0 saturated heterocycles. The van der Waals surface area contributed by atoms with Crippen molar-refractivity contribution >= 4 is 27.4 Å². The SMILES string of the molecule is COc1cc(F)c(S(=O)(=O)N2c3ncccc3NC(=O)[C@@H]2C)cc1OC. The van der Waals surface area contributed by atoms with Crippen LogP contribution in [0, 0.1) is 5.82 Å². The largest absolute Gasteiger partial charge is 0.493 e. The molecule has 138 valence electrons. The van der Waals surface area contributed by atoms with Crippen LogP contribution in [0.5, 0.6) is 11.5 Å². The van der Waals surface area contributed by atoms with E-state index in [1.807, 2.05) is 0 Å². The second-order valence-corrected chi connectivity index (χ2v) is 7.26. The van der Waals surface area contributed by atoms with Crippen LogP contribution in [0.25, 0.3) is 0 Å². The van der Waals surface area contributed by atoms with Gasteiger partial charge in [0.05, 0.1) is 19.9 Å². The van der Waals surface area contributed by atoms with Gasteiger partial charge in [0.2, 0.25) is 5.91 Å². The molecule has 1 aliphatic rings. The lowest BCUT2D eigenvalue weighted by Crippen LogP contribution is -2.49. The average Bonchev–Trinajstić information content (AvgIpc) is 2.61. The van der Waals surface area contributed by atoms with E-state index in [1.165, 1.54) is 33.4 Å². The fourth-order valence-corrected chi connectivity index (χ4v) is 4.32. The van der Waals surface area contributed by atoms with Crippen LogP contribution in [0.2, 0.25) is 0 Å². The minimum Gasteiger partial charge on any atom is -0.493 e. The minimum absolute atomic E-state index is 0.00813. The molecule has 8 nitrogen and oxygen atoms in total. The topological polar surface area (TPSA) is 97.8 Å². The summed E-state index contributed by atoms with van der Waals surface area (Å²) < 4.78 is 51.7. The molecular formula is C16H16FN3O5S. The number of amides is 1. The van der Waals surface area contributed by atoms with Crippen molar-refractivity contribution in [1.29, 1.82) is 0 Å². The predicted octanol–water partition coefficient (Wildman–Crippen LogP) is 1.77. The Morgan fingerprint density at radius 1 is 1.23 bits per heavy atom. The molecule has 3 rings (SSSR count). The number of anilines is 2. The fourth-order valence-electron chi connectivity index (χ4n) is 2.66. The van der Waals surface area contributed by atoms with Gasteiger partial charge in [-0.1, -0.05) is 0 Å². The van der Waals surface area contributed by atoms with Crippen LogP contribution in [0.1, 0.15) is 6.92 Å². The van der Waals surface area contributed by atoms with E-state index in [1.54, 1.807) is 6.07 Å². The normalized spacial score (nSPS) is 16.7. The molecule has 1 atom stereocenters. The number of halogens is 1. The van der Waals surface area contributed by atoms with E-state index in [0.717, 1.165) is 16.4 Å². The van der Waals surface area contributed by atoms with E-state index in [4.69, 9.17) is 9.47 Å². The number of aromatic nitrogens is 1. The van der Waals surface area contributed by atoms with Crippen molar-refractivity contribution in [2.24, 2.45) is 0 Å². The van der Waals surface area contributed by atoms with Gasteiger partial charge in [0.25, 0.3) is 10.0 Å². The van der Waals surface area contributed by atoms with Gasteiger partial charge in [0, 0.05) is 18.3 Å². The summed E-state index contributed by atoms with van der Waals surface area (Å²) in [5, 5.41) is 2.57. The van der Waals surface area contributed by atoms with Gasteiger partial charge < -0.3 is 14.8 Å².